The van der Waals surface area contributed by atoms with E-state index in [1.807, 2.05) is 31.1 Å². The number of alkyl halides is 2. The maximum atomic E-state index is 13.1. The molecule has 0 saturated carbocycles. The number of furan rings is 1. The van der Waals surface area contributed by atoms with Crippen molar-refractivity contribution in [1.82, 2.24) is 14.3 Å². The van der Waals surface area contributed by atoms with Crippen LogP contribution < -0.4 is 15.5 Å². The number of aromatic nitrogens is 1. The van der Waals surface area contributed by atoms with Gasteiger partial charge in [0.1, 0.15) is 11.3 Å². The molecule has 3 N–H and O–H groups in total. The molecule has 0 aliphatic rings. The first-order valence-electron chi connectivity index (χ1n) is 15.0. The maximum Gasteiger partial charge on any atom is 0.303 e. The number of benzene rings is 3. The fourth-order valence-corrected chi connectivity index (χ4v) is 5.72. The lowest BCUT2D eigenvalue weighted by Gasteiger charge is -2.22. The Kier molecular flexibility index (Phi) is 11.3. The second kappa shape index (κ2) is 15.6. The number of amides is 3. The van der Waals surface area contributed by atoms with Gasteiger partial charge < -0.3 is 29.8 Å². The SMILES string of the molecule is CN(C)CCCN(Cl)C(=O)c1cc2cc(NC(=O)c3cc4cc(NC(=O)c5ccc(N(CCCl)CCCl)cc5)ccc4[nH]3)ccc2o1. The normalized spacial score (nSPS) is 11.3. The number of carbonyl (C=O) groups is 3. The molecule has 0 aliphatic heterocycles. The van der Waals surface area contributed by atoms with Crippen LogP contribution in [0.5, 0.6) is 0 Å². The van der Waals surface area contributed by atoms with Crippen LogP contribution in [0.2, 0.25) is 0 Å². The van der Waals surface area contributed by atoms with Gasteiger partial charge in [0.25, 0.3) is 11.8 Å². The van der Waals surface area contributed by atoms with Gasteiger partial charge in [-0.25, -0.2) is 4.42 Å². The van der Waals surface area contributed by atoms with Crippen LogP contribution in [0.15, 0.2) is 77.2 Å². The van der Waals surface area contributed by atoms with Crippen molar-refractivity contribution >= 4 is 91.6 Å². The number of hydrogen-bond acceptors (Lipinski definition) is 6. The minimum atomic E-state index is -0.425. The lowest BCUT2D eigenvalue weighted by Crippen LogP contribution is -2.27. The van der Waals surface area contributed by atoms with Gasteiger partial charge in [-0.15, -0.1) is 23.2 Å². The summed E-state index contributed by atoms with van der Waals surface area (Å²) >= 11 is 18.0. The number of nitrogens with one attached hydrogen (secondary N) is 3. The summed E-state index contributed by atoms with van der Waals surface area (Å²) in [6.07, 6.45) is 0.724. The highest BCUT2D eigenvalue weighted by Gasteiger charge is 2.19. The standard InChI is InChI=1S/C34H35Cl3N6O4/c1-41(2)14-3-15-43(37)34(46)31-21-24-19-26(7-11-30(24)47-31)39-33(45)29-20-23-18-25(6-10-28(23)40-29)38-32(44)22-4-8-27(9-5-22)42(16-12-35)17-13-36/h4-11,18-21,40H,3,12-17H2,1-2H3,(H,38,44)(H,39,45). The fourth-order valence-electron chi connectivity index (χ4n) is 5.11. The summed E-state index contributed by atoms with van der Waals surface area (Å²) in [7, 11) is 3.91. The fraction of sp³-hybridized carbons (Fsp3) is 0.265. The monoisotopic (exact) mass is 696 g/mol. The molecule has 13 heteroatoms. The van der Waals surface area contributed by atoms with Crippen molar-refractivity contribution in [2.24, 2.45) is 0 Å². The number of hydrogen-bond donors (Lipinski definition) is 3. The van der Waals surface area contributed by atoms with Gasteiger partial charge >= 0.3 is 5.91 Å². The molecule has 3 aromatic carbocycles. The second-order valence-electron chi connectivity index (χ2n) is 11.2. The van der Waals surface area contributed by atoms with Gasteiger partial charge in [-0.2, -0.15) is 0 Å². The van der Waals surface area contributed by atoms with Crippen LogP contribution in [0.4, 0.5) is 17.1 Å². The first-order valence-corrected chi connectivity index (χ1v) is 16.4. The van der Waals surface area contributed by atoms with Gasteiger partial charge in [0.15, 0.2) is 5.76 Å². The molecule has 47 heavy (non-hydrogen) atoms. The van der Waals surface area contributed by atoms with Crippen LogP contribution in [0.1, 0.15) is 37.8 Å². The summed E-state index contributed by atoms with van der Waals surface area (Å²) in [5.74, 6) is 0.0363. The Bertz CT molecular complexity index is 1870. The second-order valence-corrected chi connectivity index (χ2v) is 12.4. The summed E-state index contributed by atoms with van der Waals surface area (Å²) in [6, 6.07) is 21.1. The van der Waals surface area contributed by atoms with Gasteiger partial charge in [-0.1, -0.05) is 0 Å². The highest BCUT2D eigenvalue weighted by molar-refractivity contribution is 6.24. The minimum absolute atomic E-state index is 0.120. The zero-order chi connectivity index (χ0) is 33.5. The number of fused-ring (bicyclic) bond motifs is 2. The Labute approximate surface area is 287 Å². The molecule has 0 radical (unpaired) electrons. The molecule has 0 aliphatic carbocycles. The first-order chi connectivity index (χ1) is 22.6. The van der Waals surface area contributed by atoms with E-state index in [1.165, 1.54) is 0 Å². The molecule has 0 fully saturated rings. The lowest BCUT2D eigenvalue weighted by atomic mass is 10.1. The van der Waals surface area contributed by atoms with Crippen LogP contribution >= 0.6 is 35.0 Å². The minimum Gasteiger partial charge on any atom is -0.451 e. The van der Waals surface area contributed by atoms with E-state index in [1.54, 1.807) is 60.7 Å². The van der Waals surface area contributed by atoms with E-state index < -0.39 is 5.91 Å². The van der Waals surface area contributed by atoms with E-state index in [4.69, 9.17) is 39.4 Å². The third kappa shape index (κ3) is 8.58. The van der Waals surface area contributed by atoms with Crippen molar-refractivity contribution in [2.45, 2.75) is 6.42 Å². The summed E-state index contributed by atoms with van der Waals surface area (Å²) in [4.78, 5) is 46.0. The summed E-state index contributed by atoms with van der Waals surface area (Å²) in [5.41, 5.74) is 4.15. The van der Waals surface area contributed by atoms with Gasteiger partial charge in [0.2, 0.25) is 0 Å². The van der Waals surface area contributed by atoms with Crippen LogP contribution in [0.3, 0.4) is 0 Å². The average Bonchev–Trinajstić information content (AvgIpc) is 3.68. The van der Waals surface area contributed by atoms with Gasteiger partial charge in [-0.05, 0) is 99.9 Å². The lowest BCUT2D eigenvalue weighted by molar-refractivity contribution is 0.0832. The number of H-pyrrole nitrogens is 1. The average molecular weight is 698 g/mol. The number of nitrogens with zero attached hydrogens (tertiary/aromatic N) is 3. The highest BCUT2D eigenvalue weighted by Crippen LogP contribution is 2.26. The molecule has 5 aromatic rings. The summed E-state index contributed by atoms with van der Waals surface area (Å²) in [6.45, 7) is 2.50. The van der Waals surface area contributed by atoms with E-state index in [-0.39, 0.29) is 17.6 Å². The molecule has 0 spiro atoms. The Morgan fingerprint density at radius 2 is 1.43 bits per heavy atom. The van der Waals surface area contributed by atoms with E-state index in [9.17, 15) is 14.4 Å². The van der Waals surface area contributed by atoms with E-state index in [0.29, 0.717) is 65.0 Å². The van der Waals surface area contributed by atoms with Crippen molar-refractivity contribution in [2.75, 3.05) is 67.6 Å². The van der Waals surface area contributed by atoms with E-state index >= 15 is 0 Å². The van der Waals surface area contributed by atoms with Gasteiger partial charge in [0.05, 0.1) is 0 Å². The van der Waals surface area contributed by atoms with Crippen molar-refractivity contribution in [3.63, 3.8) is 0 Å². The van der Waals surface area contributed by atoms with Crippen molar-refractivity contribution < 1.29 is 18.8 Å². The molecule has 0 unspecified atom stereocenters. The third-order valence-electron chi connectivity index (χ3n) is 7.49. The Morgan fingerprint density at radius 1 is 0.766 bits per heavy atom. The molecule has 0 bridgehead atoms. The van der Waals surface area contributed by atoms with Gasteiger partial charge in [-0.3, -0.25) is 14.4 Å². The van der Waals surface area contributed by atoms with Crippen molar-refractivity contribution in [3.05, 3.63) is 89.8 Å². The number of rotatable bonds is 14. The van der Waals surface area contributed by atoms with Crippen molar-refractivity contribution in [3.8, 4) is 0 Å². The van der Waals surface area contributed by atoms with Crippen LogP contribution in [0, 0.1) is 0 Å². The zero-order valence-corrected chi connectivity index (χ0v) is 28.3. The van der Waals surface area contributed by atoms with Crippen molar-refractivity contribution in [1.29, 1.82) is 0 Å². The zero-order valence-electron chi connectivity index (χ0n) is 26.0. The molecule has 2 aromatic heterocycles. The van der Waals surface area contributed by atoms with Crippen LogP contribution in [-0.2, 0) is 0 Å². The topological polar surface area (TPSA) is 114 Å². The highest BCUT2D eigenvalue weighted by atomic mass is 35.5. The number of halogens is 3. The smallest absolute Gasteiger partial charge is 0.303 e. The first kappa shape index (κ1) is 34.1. The Balaban J connectivity index is 1.22. The molecule has 0 saturated heterocycles. The van der Waals surface area contributed by atoms with E-state index in [2.05, 4.69) is 20.5 Å². The molecule has 2 heterocycles. The Hall–Kier alpha value is -4.22. The molecule has 246 valence electrons. The maximum absolute atomic E-state index is 13.1. The number of carbonyl (C=O) groups excluding carboxylic acids is 3. The predicted molar refractivity (Wildman–Crippen MR) is 191 cm³/mol. The number of anilines is 3. The quantitative estimate of drug-likeness (QED) is 0.0833. The molecular formula is C34H35Cl3N6O4. The molecule has 0 atom stereocenters. The molecule has 3 amide bonds. The van der Waals surface area contributed by atoms with E-state index in [0.717, 1.165) is 34.0 Å². The van der Waals surface area contributed by atoms with Gasteiger partial charge in [0, 0.05) is 82.1 Å². The molecular weight excluding hydrogens is 663 g/mol. The summed E-state index contributed by atoms with van der Waals surface area (Å²) < 4.78 is 6.84. The largest absolute Gasteiger partial charge is 0.451 e. The number of aromatic amines is 1. The molecule has 5 rings (SSSR count). The van der Waals surface area contributed by atoms with Crippen LogP contribution in [-0.4, -0.2) is 84.1 Å². The third-order valence-corrected chi connectivity index (χ3v) is 8.15. The predicted octanol–water partition coefficient (Wildman–Crippen LogP) is 7.25. The summed E-state index contributed by atoms with van der Waals surface area (Å²) in [5, 5.41) is 7.21. The molecule has 10 nitrogen and oxygen atoms in total. The Morgan fingerprint density at radius 3 is 2.11 bits per heavy atom. The van der Waals surface area contributed by atoms with Crippen LogP contribution in [0.25, 0.3) is 21.9 Å².